The van der Waals surface area contributed by atoms with Gasteiger partial charge in [-0.05, 0) is 6.42 Å². The molecule has 0 amide bonds. The Hall–Kier alpha value is -0.950. The molecule has 0 aromatic carbocycles. The third-order valence-corrected chi connectivity index (χ3v) is 4.41. The summed E-state index contributed by atoms with van der Waals surface area (Å²) in [5.74, 6) is -1.08. The second-order valence-electron chi connectivity index (χ2n) is 6.63. The molecule has 0 aliphatic heterocycles. The van der Waals surface area contributed by atoms with E-state index in [1.165, 1.54) is 44.9 Å². The molecule has 0 aromatic heterocycles. The van der Waals surface area contributed by atoms with Gasteiger partial charge in [-0.15, -0.1) is 0 Å². The third-order valence-electron chi connectivity index (χ3n) is 3.93. The minimum atomic E-state index is -4.68. The van der Waals surface area contributed by atoms with Crippen LogP contribution in [0, 0.1) is 0 Å². The fourth-order valence-corrected chi connectivity index (χ4v) is 2.91. The summed E-state index contributed by atoms with van der Waals surface area (Å²) < 4.78 is 24.8. The molecule has 8 nitrogen and oxygen atoms in total. The second kappa shape index (κ2) is 16.0. The van der Waals surface area contributed by atoms with Crippen molar-refractivity contribution in [3.05, 3.63) is 0 Å². The molecular formula is C18H35O8P. The number of carbonyl (C=O) groups excluding carboxylic acids is 2. The first-order valence-corrected chi connectivity index (χ1v) is 11.3. The molecule has 0 spiro atoms. The molecule has 0 fully saturated rings. The van der Waals surface area contributed by atoms with E-state index in [0.29, 0.717) is 0 Å². The van der Waals surface area contributed by atoms with Gasteiger partial charge in [-0.2, -0.15) is 0 Å². The Morgan fingerprint density at radius 2 is 1.41 bits per heavy atom. The molecule has 0 aliphatic rings. The van der Waals surface area contributed by atoms with Gasteiger partial charge in [-0.1, -0.05) is 64.7 Å². The van der Waals surface area contributed by atoms with Crippen molar-refractivity contribution in [1.29, 1.82) is 0 Å². The number of phosphoric ester groups is 1. The maximum atomic E-state index is 11.7. The van der Waals surface area contributed by atoms with Gasteiger partial charge in [-0.3, -0.25) is 14.1 Å². The average molecular weight is 410 g/mol. The Morgan fingerprint density at radius 3 is 1.89 bits per heavy atom. The summed E-state index contributed by atoms with van der Waals surface area (Å²) in [6.45, 7) is 2.51. The third kappa shape index (κ3) is 19.6. The van der Waals surface area contributed by atoms with E-state index in [-0.39, 0.29) is 13.0 Å². The lowest BCUT2D eigenvalue weighted by Gasteiger charge is -2.17. The zero-order valence-corrected chi connectivity index (χ0v) is 17.5. The first kappa shape index (κ1) is 26.1. The molecular weight excluding hydrogens is 375 g/mol. The lowest BCUT2D eigenvalue weighted by atomic mass is 10.1. The smallest absolute Gasteiger partial charge is 0.462 e. The van der Waals surface area contributed by atoms with Crippen LogP contribution in [0.1, 0.15) is 84.5 Å². The van der Waals surface area contributed by atoms with Crippen LogP contribution in [0.5, 0.6) is 0 Å². The molecule has 0 radical (unpaired) electrons. The molecule has 0 saturated carbocycles. The van der Waals surface area contributed by atoms with Gasteiger partial charge >= 0.3 is 19.8 Å². The molecule has 160 valence electrons. The van der Waals surface area contributed by atoms with Crippen LogP contribution in [0.4, 0.5) is 0 Å². The van der Waals surface area contributed by atoms with Crippen molar-refractivity contribution in [2.24, 2.45) is 0 Å². The standard InChI is InChI=1S/C18H35O8P/c1-3-4-5-6-7-8-9-10-11-12-13-18(20)24-14-17(26-16(2)19)15-25-27(21,22)23/h17H,3-15H2,1-2H3,(H2,21,22,23)/t17-/m1/s1. The van der Waals surface area contributed by atoms with Gasteiger partial charge in [0.05, 0.1) is 6.61 Å². The van der Waals surface area contributed by atoms with Crippen molar-refractivity contribution in [2.45, 2.75) is 90.6 Å². The van der Waals surface area contributed by atoms with E-state index in [2.05, 4.69) is 11.4 Å². The fourth-order valence-electron chi connectivity index (χ4n) is 2.55. The van der Waals surface area contributed by atoms with Crippen LogP contribution < -0.4 is 0 Å². The predicted octanol–water partition coefficient (Wildman–Crippen LogP) is 3.88. The van der Waals surface area contributed by atoms with Gasteiger partial charge in [-0.25, -0.2) is 4.57 Å². The Labute approximate surface area is 162 Å². The van der Waals surface area contributed by atoms with Crippen LogP contribution in [0.3, 0.4) is 0 Å². The van der Waals surface area contributed by atoms with Gasteiger partial charge in [0, 0.05) is 13.3 Å². The van der Waals surface area contributed by atoms with E-state index in [1.807, 2.05) is 0 Å². The van der Waals surface area contributed by atoms with Gasteiger partial charge in [0.2, 0.25) is 0 Å². The van der Waals surface area contributed by atoms with E-state index in [1.54, 1.807) is 0 Å². The lowest BCUT2D eigenvalue weighted by Crippen LogP contribution is -2.28. The first-order valence-electron chi connectivity index (χ1n) is 9.77. The summed E-state index contributed by atoms with van der Waals surface area (Å²) in [5, 5.41) is 0. The minimum Gasteiger partial charge on any atom is -0.462 e. The van der Waals surface area contributed by atoms with Crippen LogP contribution >= 0.6 is 7.82 Å². The average Bonchev–Trinajstić information content (AvgIpc) is 2.58. The number of carbonyl (C=O) groups is 2. The minimum absolute atomic E-state index is 0.267. The van der Waals surface area contributed by atoms with Crippen LogP contribution in [0.25, 0.3) is 0 Å². The Balaban J connectivity index is 3.76. The molecule has 0 heterocycles. The van der Waals surface area contributed by atoms with Crippen molar-refractivity contribution in [3.8, 4) is 0 Å². The highest BCUT2D eigenvalue weighted by Gasteiger charge is 2.21. The maximum Gasteiger partial charge on any atom is 0.469 e. The normalized spacial score (nSPS) is 12.6. The first-order chi connectivity index (χ1) is 12.7. The van der Waals surface area contributed by atoms with Gasteiger partial charge < -0.3 is 19.3 Å². The summed E-state index contributed by atoms with van der Waals surface area (Å²) in [5.41, 5.74) is 0. The van der Waals surface area contributed by atoms with E-state index < -0.39 is 32.5 Å². The van der Waals surface area contributed by atoms with Gasteiger partial charge in [0.25, 0.3) is 0 Å². The van der Waals surface area contributed by atoms with E-state index in [4.69, 9.17) is 19.3 Å². The summed E-state index contributed by atoms with van der Waals surface area (Å²) >= 11 is 0. The topological polar surface area (TPSA) is 119 Å². The fraction of sp³-hybridized carbons (Fsp3) is 0.889. The van der Waals surface area contributed by atoms with E-state index in [9.17, 15) is 14.2 Å². The molecule has 0 aliphatic carbocycles. The van der Waals surface area contributed by atoms with Crippen molar-refractivity contribution in [1.82, 2.24) is 0 Å². The van der Waals surface area contributed by atoms with Gasteiger partial charge in [0.15, 0.2) is 6.10 Å². The highest BCUT2D eigenvalue weighted by Crippen LogP contribution is 2.35. The number of unbranched alkanes of at least 4 members (excludes halogenated alkanes) is 9. The number of ether oxygens (including phenoxy) is 2. The number of hydrogen-bond acceptors (Lipinski definition) is 6. The summed E-state index contributed by atoms with van der Waals surface area (Å²) in [6.07, 6.45) is 10.9. The molecule has 0 bridgehead atoms. The highest BCUT2D eigenvalue weighted by molar-refractivity contribution is 7.46. The summed E-state index contributed by atoms with van der Waals surface area (Å²) in [6, 6.07) is 0. The van der Waals surface area contributed by atoms with Crippen LogP contribution in [0.15, 0.2) is 0 Å². The number of hydrogen-bond donors (Lipinski definition) is 2. The lowest BCUT2D eigenvalue weighted by molar-refractivity contribution is -0.159. The number of esters is 2. The molecule has 27 heavy (non-hydrogen) atoms. The number of rotatable bonds is 17. The van der Waals surface area contributed by atoms with Crippen LogP contribution in [-0.4, -0.2) is 41.0 Å². The maximum absolute atomic E-state index is 11.7. The predicted molar refractivity (Wildman–Crippen MR) is 101 cm³/mol. The van der Waals surface area contributed by atoms with Crippen molar-refractivity contribution in [3.63, 3.8) is 0 Å². The quantitative estimate of drug-likeness (QED) is 0.211. The van der Waals surface area contributed by atoms with Crippen LogP contribution in [-0.2, 0) is 28.2 Å². The van der Waals surface area contributed by atoms with Crippen molar-refractivity contribution in [2.75, 3.05) is 13.2 Å². The molecule has 0 unspecified atom stereocenters. The van der Waals surface area contributed by atoms with Crippen LogP contribution in [0.2, 0.25) is 0 Å². The van der Waals surface area contributed by atoms with Crippen molar-refractivity contribution < 1.29 is 37.9 Å². The SMILES string of the molecule is CCCCCCCCCCCCC(=O)OC[C@H](COP(=O)(O)O)OC(C)=O. The zero-order valence-electron chi connectivity index (χ0n) is 16.6. The highest BCUT2D eigenvalue weighted by atomic mass is 31.2. The largest absolute Gasteiger partial charge is 0.469 e. The Bertz CT molecular complexity index is 449. The number of phosphoric acid groups is 1. The molecule has 9 heteroatoms. The molecule has 0 aromatic rings. The molecule has 0 saturated heterocycles. The summed E-state index contributed by atoms with van der Waals surface area (Å²) in [7, 11) is -4.68. The molecule has 0 rings (SSSR count). The molecule has 2 N–H and O–H groups in total. The summed E-state index contributed by atoms with van der Waals surface area (Å²) in [4.78, 5) is 40.0. The zero-order chi connectivity index (χ0) is 20.5. The Kier molecular flexibility index (Phi) is 15.5. The Morgan fingerprint density at radius 1 is 0.889 bits per heavy atom. The second-order valence-corrected chi connectivity index (χ2v) is 7.87. The monoisotopic (exact) mass is 410 g/mol. The van der Waals surface area contributed by atoms with E-state index in [0.717, 1.165) is 26.2 Å². The van der Waals surface area contributed by atoms with Gasteiger partial charge in [0.1, 0.15) is 6.61 Å². The van der Waals surface area contributed by atoms with Crippen molar-refractivity contribution >= 4 is 19.8 Å². The molecule has 1 atom stereocenters. The van der Waals surface area contributed by atoms with E-state index >= 15 is 0 Å².